The fourth-order valence-electron chi connectivity index (χ4n) is 1.82. The van der Waals surface area contributed by atoms with Crippen molar-refractivity contribution in [2.45, 2.75) is 27.0 Å². The van der Waals surface area contributed by atoms with Gasteiger partial charge in [0.25, 0.3) is 0 Å². The Balaban J connectivity index is 2.10. The van der Waals surface area contributed by atoms with Gasteiger partial charge in [-0.05, 0) is 19.9 Å². The first kappa shape index (κ1) is 13.6. The highest BCUT2D eigenvalue weighted by Crippen LogP contribution is 2.12. The van der Waals surface area contributed by atoms with Gasteiger partial charge in [0.15, 0.2) is 0 Å². The van der Waals surface area contributed by atoms with Gasteiger partial charge in [-0.1, -0.05) is 17.7 Å². The van der Waals surface area contributed by atoms with Crippen molar-refractivity contribution in [1.29, 1.82) is 0 Å². The van der Waals surface area contributed by atoms with Crippen LogP contribution >= 0.6 is 0 Å². The molecule has 0 unspecified atom stereocenters. The number of nitrogens with zero attached hydrogens (tertiary/aromatic N) is 2. The predicted molar refractivity (Wildman–Crippen MR) is 73.2 cm³/mol. The third kappa shape index (κ3) is 3.36. The van der Waals surface area contributed by atoms with E-state index in [1.54, 1.807) is 18.3 Å². The highest BCUT2D eigenvalue weighted by Gasteiger charge is 2.17. The molecule has 0 saturated carbocycles. The Hall–Kier alpha value is -1.79. The highest BCUT2D eigenvalue weighted by atomic mass is 16.5. The van der Waals surface area contributed by atoms with Crippen LogP contribution in [0.5, 0.6) is 5.75 Å². The normalized spacial score (nSPS) is 10.5. The van der Waals surface area contributed by atoms with Crippen LogP contribution in [0, 0.1) is 6.92 Å². The standard InChI is InChI=1S/C13H17BN2O3/c1-3-16-8-11(7-15-16)9-19-13-5-4-10(2)6-12(13)14(17)18/h4-8,17-18H,3,9H2,1-2H3. The molecule has 0 saturated heterocycles. The summed E-state index contributed by atoms with van der Waals surface area (Å²) in [6, 6.07) is 5.32. The quantitative estimate of drug-likeness (QED) is 0.767. The van der Waals surface area contributed by atoms with Gasteiger partial charge in [-0.2, -0.15) is 5.10 Å². The van der Waals surface area contributed by atoms with Gasteiger partial charge >= 0.3 is 7.12 Å². The van der Waals surface area contributed by atoms with Crippen LogP contribution in [0.3, 0.4) is 0 Å². The second-order valence-electron chi connectivity index (χ2n) is 4.41. The molecule has 0 aliphatic carbocycles. The van der Waals surface area contributed by atoms with Crippen LogP contribution in [0.1, 0.15) is 18.1 Å². The minimum atomic E-state index is -1.53. The highest BCUT2D eigenvalue weighted by molar-refractivity contribution is 6.59. The molecule has 0 atom stereocenters. The van der Waals surface area contributed by atoms with E-state index in [0.717, 1.165) is 17.7 Å². The van der Waals surface area contributed by atoms with Gasteiger partial charge in [0.05, 0.1) is 6.20 Å². The van der Waals surface area contributed by atoms with Crippen molar-refractivity contribution in [2.75, 3.05) is 0 Å². The molecular weight excluding hydrogens is 243 g/mol. The minimum absolute atomic E-state index is 0.350. The molecule has 0 spiro atoms. The third-order valence-electron chi connectivity index (χ3n) is 2.85. The first-order valence-corrected chi connectivity index (χ1v) is 6.21. The summed E-state index contributed by atoms with van der Waals surface area (Å²) < 4.78 is 7.44. The Bertz CT molecular complexity index is 555. The van der Waals surface area contributed by atoms with Gasteiger partial charge in [-0.3, -0.25) is 4.68 Å². The summed E-state index contributed by atoms with van der Waals surface area (Å²) in [5, 5.41) is 22.8. The summed E-state index contributed by atoms with van der Waals surface area (Å²) in [7, 11) is -1.53. The Morgan fingerprint density at radius 2 is 2.16 bits per heavy atom. The molecule has 1 aromatic carbocycles. The molecule has 1 aromatic heterocycles. The Morgan fingerprint density at radius 1 is 1.37 bits per heavy atom. The minimum Gasteiger partial charge on any atom is -0.489 e. The van der Waals surface area contributed by atoms with Gasteiger partial charge in [0, 0.05) is 23.8 Å². The third-order valence-corrected chi connectivity index (χ3v) is 2.85. The predicted octanol–water partition coefficient (Wildman–Crippen LogP) is 0.470. The maximum atomic E-state index is 9.33. The van der Waals surface area contributed by atoms with E-state index in [-0.39, 0.29) is 0 Å². The zero-order valence-corrected chi connectivity index (χ0v) is 11.1. The van der Waals surface area contributed by atoms with E-state index in [2.05, 4.69) is 5.10 Å². The number of rotatable bonds is 5. The van der Waals surface area contributed by atoms with Crippen molar-refractivity contribution >= 4 is 12.6 Å². The zero-order chi connectivity index (χ0) is 13.8. The van der Waals surface area contributed by atoms with Crippen LogP contribution in [0.25, 0.3) is 0 Å². The fraction of sp³-hybridized carbons (Fsp3) is 0.308. The molecule has 1 heterocycles. The average Bonchev–Trinajstić information content (AvgIpc) is 2.85. The Kier molecular flexibility index (Phi) is 4.24. The second-order valence-corrected chi connectivity index (χ2v) is 4.41. The van der Waals surface area contributed by atoms with Crippen LogP contribution in [0.15, 0.2) is 30.6 Å². The van der Waals surface area contributed by atoms with E-state index in [1.807, 2.05) is 30.8 Å². The van der Waals surface area contributed by atoms with E-state index in [0.29, 0.717) is 17.8 Å². The molecule has 0 fully saturated rings. The van der Waals surface area contributed by atoms with Crippen LogP contribution < -0.4 is 10.2 Å². The SMILES string of the molecule is CCn1cc(COc2ccc(C)cc2B(O)O)cn1. The van der Waals surface area contributed by atoms with Crippen molar-refractivity contribution in [3.8, 4) is 5.75 Å². The maximum absolute atomic E-state index is 9.33. The lowest BCUT2D eigenvalue weighted by Gasteiger charge is -2.11. The molecule has 0 aliphatic heterocycles. The second kappa shape index (κ2) is 5.90. The summed E-state index contributed by atoms with van der Waals surface area (Å²) in [5.74, 6) is 0.477. The largest absolute Gasteiger partial charge is 0.492 e. The number of aromatic nitrogens is 2. The van der Waals surface area contributed by atoms with E-state index >= 15 is 0 Å². The van der Waals surface area contributed by atoms with Crippen molar-refractivity contribution in [1.82, 2.24) is 9.78 Å². The molecule has 2 N–H and O–H groups in total. The van der Waals surface area contributed by atoms with Crippen molar-refractivity contribution in [3.05, 3.63) is 41.7 Å². The Morgan fingerprint density at radius 3 is 2.79 bits per heavy atom. The van der Waals surface area contributed by atoms with E-state index < -0.39 is 7.12 Å². The Labute approximate surface area is 112 Å². The van der Waals surface area contributed by atoms with Gasteiger partial charge < -0.3 is 14.8 Å². The number of benzene rings is 1. The van der Waals surface area contributed by atoms with Crippen molar-refractivity contribution in [2.24, 2.45) is 0 Å². The smallest absolute Gasteiger partial charge is 0.489 e. The van der Waals surface area contributed by atoms with E-state index in [4.69, 9.17) is 4.74 Å². The molecule has 100 valence electrons. The van der Waals surface area contributed by atoms with Crippen LogP contribution in [0.2, 0.25) is 0 Å². The topological polar surface area (TPSA) is 67.5 Å². The monoisotopic (exact) mass is 260 g/mol. The van der Waals surface area contributed by atoms with E-state index in [1.165, 1.54) is 0 Å². The first-order valence-electron chi connectivity index (χ1n) is 6.21. The lowest BCUT2D eigenvalue weighted by atomic mass is 9.79. The molecular formula is C13H17BN2O3. The van der Waals surface area contributed by atoms with Crippen LogP contribution in [0.4, 0.5) is 0 Å². The lowest BCUT2D eigenvalue weighted by molar-refractivity contribution is 0.306. The van der Waals surface area contributed by atoms with Crippen LogP contribution in [-0.2, 0) is 13.2 Å². The zero-order valence-electron chi connectivity index (χ0n) is 11.1. The van der Waals surface area contributed by atoms with Gasteiger partial charge in [0.2, 0.25) is 0 Å². The molecule has 0 amide bonds. The molecule has 6 heteroatoms. The number of hydrogen-bond acceptors (Lipinski definition) is 4. The molecule has 19 heavy (non-hydrogen) atoms. The number of ether oxygens (including phenoxy) is 1. The molecule has 5 nitrogen and oxygen atoms in total. The summed E-state index contributed by atoms with van der Waals surface area (Å²) in [6.45, 7) is 5.06. The first-order chi connectivity index (χ1) is 9.10. The summed E-state index contributed by atoms with van der Waals surface area (Å²) in [4.78, 5) is 0. The average molecular weight is 260 g/mol. The van der Waals surface area contributed by atoms with Crippen molar-refractivity contribution < 1.29 is 14.8 Å². The van der Waals surface area contributed by atoms with Gasteiger partial charge in [0.1, 0.15) is 12.4 Å². The molecule has 0 radical (unpaired) electrons. The van der Waals surface area contributed by atoms with Crippen LogP contribution in [-0.4, -0.2) is 26.9 Å². The fourth-order valence-corrected chi connectivity index (χ4v) is 1.82. The molecule has 2 aromatic rings. The number of hydrogen-bond donors (Lipinski definition) is 2. The van der Waals surface area contributed by atoms with E-state index in [9.17, 15) is 10.0 Å². The molecule has 2 rings (SSSR count). The summed E-state index contributed by atoms with van der Waals surface area (Å²) >= 11 is 0. The molecule has 0 bridgehead atoms. The summed E-state index contributed by atoms with van der Waals surface area (Å²) in [5.41, 5.74) is 2.28. The van der Waals surface area contributed by atoms with Gasteiger partial charge in [-0.25, -0.2) is 0 Å². The summed E-state index contributed by atoms with van der Waals surface area (Å²) in [6.07, 6.45) is 3.65. The van der Waals surface area contributed by atoms with Crippen molar-refractivity contribution in [3.63, 3.8) is 0 Å². The number of aryl methyl sites for hydroxylation is 2. The maximum Gasteiger partial charge on any atom is 0.492 e. The van der Waals surface area contributed by atoms with Gasteiger partial charge in [-0.15, -0.1) is 0 Å². The molecule has 0 aliphatic rings. The lowest BCUT2D eigenvalue weighted by Crippen LogP contribution is -2.31.